The summed E-state index contributed by atoms with van der Waals surface area (Å²) in [7, 11) is 0. The van der Waals surface area contributed by atoms with E-state index in [0.29, 0.717) is 29.4 Å². The van der Waals surface area contributed by atoms with E-state index in [-0.39, 0.29) is 5.91 Å². The molecule has 0 aliphatic rings. The number of H-pyrrole nitrogens is 1. The van der Waals surface area contributed by atoms with E-state index in [1.54, 1.807) is 18.2 Å². The summed E-state index contributed by atoms with van der Waals surface area (Å²) in [5, 5.41) is 11.1. The molecule has 27 heavy (non-hydrogen) atoms. The molecule has 0 saturated heterocycles. The van der Waals surface area contributed by atoms with Crippen LogP contribution in [0.5, 0.6) is 5.75 Å². The molecule has 0 aliphatic heterocycles. The summed E-state index contributed by atoms with van der Waals surface area (Å²) in [5.41, 5.74) is 12.3. The first kappa shape index (κ1) is 18.2. The molecule has 4 N–H and O–H groups in total. The van der Waals surface area contributed by atoms with Crippen LogP contribution in [0.3, 0.4) is 0 Å². The number of nitrogens with zero attached hydrogens (tertiary/aromatic N) is 2. The molecule has 0 unspecified atom stereocenters. The zero-order chi connectivity index (χ0) is 19.2. The maximum absolute atomic E-state index is 12.3. The van der Waals surface area contributed by atoms with Gasteiger partial charge in [0.2, 0.25) is 0 Å². The molecule has 0 fully saturated rings. The van der Waals surface area contributed by atoms with Crippen LogP contribution in [0.25, 0.3) is 11.3 Å². The van der Waals surface area contributed by atoms with Gasteiger partial charge in [0.15, 0.2) is 0 Å². The van der Waals surface area contributed by atoms with Crippen LogP contribution in [0.4, 0.5) is 5.69 Å². The van der Waals surface area contributed by atoms with Gasteiger partial charge in [-0.2, -0.15) is 10.2 Å². The van der Waals surface area contributed by atoms with Crippen molar-refractivity contribution in [2.24, 2.45) is 5.10 Å². The minimum Gasteiger partial charge on any atom is -0.494 e. The molecule has 1 heterocycles. The van der Waals surface area contributed by atoms with Crippen molar-refractivity contribution < 1.29 is 9.53 Å². The molecule has 7 heteroatoms. The number of aromatic nitrogens is 2. The number of nitrogens with one attached hydrogen (secondary N) is 2. The molecule has 2 aromatic carbocycles. The van der Waals surface area contributed by atoms with Crippen LogP contribution in [0.1, 0.15) is 29.9 Å². The third-order valence-corrected chi connectivity index (χ3v) is 3.92. The van der Waals surface area contributed by atoms with Crippen molar-refractivity contribution in [2.75, 3.05) is 12.3 Å². The summed E-state index contributed by atoms with van der Waals surface area (Å²) in [6.45, 7) is 4.32. The van der Waals surface area contributed by atoms with Gasteiger partial charge < -0.3 is 10.5 Å². The Bertz CT molecular complexity index is 961. The van der Waals surface area contributed by atoms with Gasteiger partial charge in [0.05, 0.1) is 18.0 Å². The monoisotopic (exact) mass is 363 g/mol. The summed E-state index contributed by atoms with van der Waals surface area (Å²) in [6, 6.07) is 16.5. The number of hydrogen-bond donors (Lipinski definition) is 3. The molecule has 0 spiro atoms. The largest absolute Gasteiger partial charge is 0.494 e. The van der Waals surface area contributed by atoms with Gasteiger partial charge in [0, 0.05) is 11.3 Å². The van der Waals surface area contributed by atoms with Crippen LogP contribution < -0.4 is 15.9 Å². The lowest BCUT2D eigenvalue weighted by atomic mass is 10.1. The highest BCUT2D eigenvalue weighted by atomic mass is 16.5. The molecular formula is C20H21N5O2. The predicted octanol–water partition coefficient (Wildman–Crippen LogP) is 3.21. The lowest BCUT2D eigenvalue weighted by molar-refractivity contribution is 0.0950. The maximum Gasteiger partial charge on any atom is 0.289 e. The molecule has 0 atom stereocenters. The molecule has 3 aromatic rings. The van der Waals surface area contributed by atoms with Crippen LogP contribution in [0.15, 0.2) is 59.7 Å². The SMILES string of the molecule is CCOc1cccc(-c2cc(C(=O)N/N=C(/C)c3ccc(N)cc3)[nH]n2)c1. The Hall–Kier alpha value is -3.61. The van der Waals surface area contributed by atoms with E-state index in [2.05, 4.69) is 20.7 Å². The van der Waals surface area contributed by atoms with Crippen molar-refractivity contribution in [1.82, 2.24) is 15.6 Å². The third-order valence-electron chi connectivity index (χ3n) is 3.92. The van der Waals surface area contributed by atoms with Gasteiger partial charge in [-0.1, -0.05) is 24.3 Å². The quantitative estimate of drug-likeness (QED) is 0.355. The average molecular weight is 363 g/mol. The number of hydrogen-bond acceptors (Lipinski definition) is 5. The first-order valence-corrected chi connectivity index (χ1v) is 8.56. The van der Waals surface area contributed by atoms with Crippen molar-refractivity contribution in [3.05, 3.63) is 65.9 Å². The zero-order valence-corrected chi connectivity index (χ0v) is 15.2. The lowest BCUT2D eigenvalue weighted by Crippen LogP contribution is -2.19. The normalized spacial score (nSPS) is 11.3. The van der Waals surface area contributed by atoms with Gasteiger partial charge in [-0.15, -0.1) is 0 Å². The van der Waals surface area contributed by atoms with Crippen molar-refractivity contribution in [3.8, 4) is 17.0 Å². The molecule has 3 rings (SSSR count). The van der Waals surface area contributed by atoms with Crippen molar-refractivity contribution in [3.63, 3.8) is 0 Å². The standard InChI is InChI=1S/C20H21N5O2/c1-3-27-17-6-4-5-15(11-17)18-12-19(24-23-18)20(26)25-22-13(2)14-7-9-16(21)10-8-14/h4-12H,3,21H2,1-2H3,(H,23,24)(H,25,26)/b22-13-. The first-order valence-electron chi connectivity index (χ1n) is 8.56. The second-order valence-corrected chi connectivity index (χ2v) is 5.89. The van der Waals surface area contributed by atoms with E-state index in [0.717, 1.165) is 16.9 Å². The number of benzene rings is 2. The summed E-state index contributed by atoms with van der Waals surface area (Å²) in [5.74, 6) is 0.386. The van der Waals surface area contributed by atoms with Gasteiger partial charge in [-0.3, -0.25) is 9.89 Å². The fraction of sp³-hybridized carbons (Fsp3) is 0.150. The molecule has 1 amide bonds. The Balaban J connectivity index is 1.70. The fourth-order valence-electron chi connectivity index (χ4n) is 2.48. The molecule has 7 nitrogen and oxygen atoms in total. The van der Waals surface area contributed by atoms with Crippen LogP contribution in [-0.2, 0) is 0 Å². The number of anilines is 1. The van der Waals surface area contributed by atoms with Crippen molar-refractivity contribution in [1.29, 1.82) is 0 Å². The topological polar surface area (TPSA) is 105 Å². The molecule has 0 aliphatic carbocycles. The number of aromatic amines is 1. The number of hydrazone groups is 1. The van der Waals surface area contributed by atoms with E-state index in [1.165, 1.54) is 0 Å². The molecule has 1 aromatic heterocycles. The Morgan fingerprint density at radius 3 is 2.74 bits per heavy atom. The Labute approximate surface area is 157 Å². The second-order valence-electron chi connectivity index (χ2n) is 5.89. The molecule has 0 radical (unpaired) electrons. The number of nitrogen functional groups attached to an aromatic ring is 1. The highest BCUT2D eigenvalue weighted by molar-refractivity contribution is 6.00. The van der Waals surface area contributed by atoms with Crippen molar-refractivity contribution >= 4 is 17.3 Å². The summed E-state index contributed by atoms with van der Waals surface area (Å²) < 4.78 is 5.49. The minimum absolute atomic E-state index is 0.320. The highest BCUT2D eigenvalue weighted by Gasteiger charge is 2.11. The van der Waals surface area contributed by atoms with E-state index in [4.69, 9.17) is 10.5 Å². The fourth-order valence-corrected chi connectivity index (χ4v) is 2.48. The zero-order valence-electron chi connectivity index (χ0n) is 15.2. The van der Waals surface area contributed by atoms with E-state index >= 15 is 0 Å². The van der Waals surface area contributed by atoms with Crippen LogP contribution >= 0.6 is 0 Å². The van der Waals surface area contributed by atoms with Crippen LogP contribution in [0, 0.1) is 0 Å². The Morgan fingerprint density at radius 2 is 2.00 bits per heavy atom. The van der Waals surface area contributed by atoms with E-state index in [1.807, 2.05) is 50.2 Å². The second kappa shape index (κ2) is 8.18. The molecule has 0 bridgehead atoms. The van der Waals surface area contributed by atoms with Crippen LogP contribution in [-0.4, -0.2) is 28.4 Å². The van der Waals surface area contributed by atoms with Crippen molar-refractivity contribution in [2.45, 2.75) is 13.8 Å². The number of rotatable bonds is 6. The molecule has 0 saturated carbocycles. The van der Waals surface area contributed by atoms with Gasteiger partial charge in [0.25, 0.3) is 5.91 Å². The summed E-state index contributed by atoms with van der Waals surface area (Å²) >= 11 is 0. The summed E-state index contributed by atoms with van der Waals surface area (Å²) in [4.78, 5) is 12.3. The maximum atomic E-state index is 12.3. The molecular weight excluding hydrogens is 342 g/mol. The first-order chi connectivity index (χ1) is 13.1. The lowest BCUT2D eigenvalue weighted by Gasteiger charge is -2.03. The third kappa shape index (κ3) is 4.52. The van der Waals surface area contributed by atoms with E-state index in [9.17, 15) is 4.79 Å². The van der Waals surface area contributed by atoms with Gasteiger partial charge >= 0.3 is 0 Å². The number of carbonyl (C=O) groups excluding carboxylic acids is 1. The number of ether oxygens (including phenoxy) is 1. The van der Waals surface area contributed by atoms with Gasteiger partial charge in [-0.05, 0) is 49.7 Å². The highest BCUT2D eigenvalue weighted by Crippen LogP contribution is 2.22. The molecule has 138 valence electrons. The van der Waals surface area contributed by atoms with Gasteiger partial charge in [-0.25, -0.2) is 5.43 Å². The average Bonchev–Trinajstić information content (AvgIpc) is 3.17. The summed E-state index contributed by atoms with van der Waals surface area (Å²) in [6.07, 6.45) is 0. The van der Waals surface area contributed by atoms with E-state index < -0.39 is 0 Å². The van der Waals surface area contributed by atoms with Gasteiger partial charge in [0.1, 0.15) is 11.4 Å². The number of nitrogens with two attached hydrogens (primary N) is 1. The number of amides is 1. The minimum atomic E-state index is -0.371. The van der Waals surface area contributed by atoms with Crippen LogP contribution in [0.2, 0.25) is 0 Å². The smallest absolute Gasteiger partial charge is 0.289 e. The Morgan fingerprint density at radius 1 is 1.22 bits per heavy atom. The Kier molecular flexibility index (Phi) is 5.51. The number of carbonyl (C=O) groups is 1. The predicted molar refractivity (Wildman–Crippen MR) is 106 cm³/mol.